The zero-order chi connectivity index (χ0) is 13.5. The van der Waals surface area contributed by atoms with E-state index in [-0.39, 0.29) is 33.7 Å². The molecule has 1 N–H and O–H groups in total. The SMILES string of the molecule is CC1CN(S(=O)(=O)c2cc(Cl)sc2Cl)CC(C)N1.Cl. The Bertz CT molecular complexity index is 537. The predicted octanol–water partition coefficient (Wildman–Crippen LogP) is 2.85. The van der Waals surface area contributed by atoms with Gasteiger partial charge in [0.25, 0.3) is 0 Å². The van der Waals surface area contributed by atoms with Crippen LogP contribution in [0.1, 0.15) is 13.8 Å². The molecule has 0 spiro atoms. The molecule has 1 aliphatic heterocycles. The molecule has 110 valence electrons. The van der Waals surface area contributed by atoms with Gasteiger partial charge < -0.3 is 5.32 Å². The molecule has 1 aromatic heterocycles. The molecule has 1 aliphatic rings. The van der Waals surface area contributed by atoms with Gasteiger partial charge in [-0.2, -0.15) is 4.31 Å². The smallest absolute Gasteiger partial charge is 0.245 e. The third-order valence-corrected chi connectivity index (χ3v) is 6.35. The van der Waals surface area contributed by atoms with Crippen molar-refractivity contribution in [3.63, 3.8) is 0 Å². The fraction of sp³-hybridized carbons (Fsp3) is 0.600. The predicted molar refractivity (Wildman–Crippen MR) is 82.4 cm³/mol. The summed E-state index contributed by atoms with van der Waals surface area (Å²) in [6, 6.07) is 1.66. The van der Waals surface area contributed by atoms with Crippen molar-refractivity contribution in [1.82, 2.24) is 9.62 Å². The van der Waals surface area contributed by atoms with Crippen LogP contribution in [0.3, 0.4) is 0 Å². The van der Waals surface area contributed by atoms with Gasteiger partial charge in [-0.15, -0.1) is 23.7 Å². The highest BCUT2D eigenvalue weighted by molar-refractivity contribution is 7.89. The highest BCUT2D eigenvalue weighted by Crippen LogP contribution is 2.36. The van der Waals surface area contributed by atoms with E-state index in [9.17, 15) is 8.42 Å². The van der Waals surface area contributed by atoms with E-state index in [1.807, 2.05) is 13.8 Å². The maximum absolute atomic E-state index is 12.5. The number of sulfonamides is 1. The molecule has 19 heavy (non-hydrogen) atoms. The third kappa shape index (κ3) is 3.75. The Kier molecular flexibility index (Phi) is 5.96. The molecule has 0 saturated carbocycles. The van der Waals surface area contributed by atoms with Crippen LogP contribution < -0.4 is 5.32 Å². The van der Waals surface area contributed by atoms with Gasteiger partial charge in [0.1, 0.15) is 9.23 Å². The van der Waals surface area contributed by atoms with Gasteiger partial charge in [0.05, 0.1) is 4.34 Å². The zero-order valence-corrected chi connectivity index (χ0v) is 14.4. The summed E-state index contributed by atoms with van der Waals surface area (Å²) in [4.78, 5) is 0.112. The first-order valence-corrected chi connectivity index (χ1v) is 8.53. The van der Waals surface area contributed by atoms with Gasteiger partial charge in [-0.3, -0.25) is 0 Å². The summed E-state index contributed by atoms with van der Waals surface area (Å²) >= 11 is 12.8. The highest BCUT2D eigenvalue weighted by atomic mass is 35.5. The minimum absolute atomic E-state index is 0. The molecule has 2 rings (SSSR count). The lowest BCUT2D eigenvalue weighted by Crippen LogP contribution is -2.55. The summed E-state index contributed by atoms with van der Waals surface area (Å²) < 4.78 is 27.0. The number of nitrogens with zero attached hydrogens (tertiary/aromatic N) is 1. The molecule has 1 saturated heterocycles. The van der Waals surface area contributed by atoms with Gasteiger partial charge in [0.15, 0.2) is 0 Å². The largest absolute Gasteiger partial charge is 0.309 e. The lowest BCUT2D eigenvalue weighted by molar-refractivity contribution is 0.263. The second kappa shape index (κ2) is 6.47. The van der Waals surface area contributed by atoms with Crippen LogP contribution in [-0.2, 0) is 10.0 Å². The van der Waals surface area contributed by atoms with E-state index in [4.69, 9.17) is 23.2 Å². The van der Waals surface area contributed by atoms with E-state index in [1.165, 1.54) is 10.4 Å². The van der Waals surface area contributed by atoms with E-state index < -0.39 is 10.0 Å². The number of hydrogen-bond donors (Lipinski definition) is 1. The number of nitrogens with one attached hydrogen (secondary N) is 1. The van der Waals surface area contributed by atoms with Crippen LogP contribution in [0.15, 0.2) is 11.0 Å². The number of hydrogen-bond acceptors (Lipinski definition) is 4. The van der Waals surface area contributed by atoms with Crippen molar-refractivity contribution in [3.8, 4) is 0 Å². The molecule has 1 aromatic rings. The van der Waals surface area contributed by atoms with Crippen LogP contribution in [0.4, 0.5) is 0 Å². The van der Waals surface area contributed by atoms with E-state index in [0.29, 0.717) is 17.4 Å². The van der Waals surface area contributed by atoms with Crippen molar-refractivity contribution < 1.29 is 8.42 Å². The lowest BCUT2D eigenvalue weighted by atomic mass is 10.2. The quantitative estimate of drug-likeness (QED) is 0.876. The summed E-state index contributed by atoms with van der Waals surface area (Å²) in [6.45, 7) is 4.80. The Morgan fingerprint density at radius 1 is 1.32 bits per heavy atom. The summed E-state index contributed by atoms with van der Waals surface area (Å²) in [7, 11) is -3.55. The standard InChI is InChI=1S/C10H14Cl2N2O2S2.ClH/c1-6-4-14(5-7(2)13-6)18(15,16)8-3-9(11)17-10(8)12;/h3,6-7,13H,4-5H2,1-2H3;1H. The van der Waals surface area contributed by atoms with Crippen LogP contribution in [0.5, 0.6) is 0 Å². The second-order valence-electron chi connectivity index (χ2n) is 4.48. The molecule has 0 bridgehead atoms. The van der Waals surface area contributed by atoms with Gasteiger partial charge >= 0.3 is 0 Å². The summed E-state index contributed by atoms with van der Waals surface area (Å²) in [5.41, 5.74) is 0. The molecular weight excluding hydrogens is 351 g/mol. The first-order chi connectivity index (χ1) is 8.30. The van der Waals surface area contributed by atoms with Gasteiger partial charge in [0.2, 0.25) is 10.0 Å². The third-order valence-electron chi connectivity index (χ3n) is 2.77. The fourth-order valence-electron chi connectivity index (χ4n) is 2.11. The monoisotopic (exact) mass is 364 g/mol. The average molecular weight is 366 g/mol. The number of halogens is 3. The van der Waals surface area contributed by atoms with Crippen molar-refractivity contribution in [1.29, 1.82) is 0 Å². The van der Waals surface area contributed by atoms with Crippen LogP contribution in [0, 0.1) is 0 Å². The first-order valence-electron chi connectivity index (χ1n) is 5.51. The van der Waals surface area contributed by atoms with Crippen molar-refractivity contribution in [2.75, 3.05) is 13.1 Å². The van der Waals surface area contributed by atoms with Crippen LogP contribution >= 0.6 is 46.9 Å². The minimum Gasteiger partial charge on any atom is -0.309 e. The Labute approximate surface area is 133 Å². The summed E-state index contributed by atoms with van der Waals surface area (Å²) in [6.07, 6.45) is 0. The summed E-state index contributed by atoms with van der Waals surface area (Å²) in [5.74, 6) is 0. The number of piperazine rings is 1. The van der Waals surface area contributed by atoms with Crippen molar-refractivity contribution in [3.05, 3.63) is 14.7 Å². The van der Waals surface area contributed by atoms with E-state index >= 15 is 0 Å². The molecular formula is C10H15Cl3N2O2S2. The van der Waals surface area contributed by atoms with Crippen molar-refractivity contribution in [2.24, 2.45) is 0 Å². The van der Waals surface area contributed by atoms with E-state index in [0.717, 1.165) is 11.3 Å². The van der Waals surface area contributed by atoms with E-state index in [2.05, 4.69) is 5.32 Å². The molecule has 0 aliphatic carbocycles. The first kappa shape index (κ1) is 17.5. The lowest BCUT2D eigenvalue weighted by Gasteiger charge is -2.35. The number of thiophene rings is 1. The number of rotatable bonds is 2. The molecule has 0 radical (unpaired) electrons. The average Bonchev–Trinajstić information content (AvgIpc) is 2.57. The molecule has 2 heterocycles. The molecule has 1 fully saturated rings. The Morgan fingerprint density at radius 2 is 1.84 bits per heavy atom. The zero-order valence-electron chi connectivity index (χ0n) is 10.4. The van der Waals surface area contributed by atoms with Gasteiger partial charge in [-0.05, 0) is 19.9 Å². The van der Waals surface area contributed by atoms with Gasteiger partial charge in [-0.25, -0.2) is 8.42 Å². The Morgan fingerprint density at radius 3 is 2.26 bits per heavy atom. The molecule has 0 amide bonds. The summed E-state index contributed by atoms with van der Waals surface area (Å²) in [5, 5.41) is 3.29. The van der Waals surface area contributed by atoms with E-state index in [1.54, 1.807) is 0 Å². The van der Waals surface area contributed by atoms with Gasteiger partial charge in [-0.1, -0.05) is 23.2 Å². The molecule has 0 aromatic carbocycles. The van der Waals surface area contributed by atoms with Crippen molar-refractivity contribution >= 4 is 57.0 Å². The topological polar surface area (TPSA) is 49.4 Å². The molecule has 9 heteroatoms. The normalized spacial score (nSPS) is 25.1. The molecule has 4 nitrogen and oxygen atoms in total. The minimum atomic E-state index is -3.55. The maximum atomic E-state index is 12.5. The Balaban J connectivity index is 0.00000180. The van der Waals surface area contributed by atoms with Crippen LogP contribution in [-0.4, -0.2) is 37.9 Å². The Hall–Kier alpha value is 0.440. The highest BCUT2D eigenvalue weighted by Gasteiger charge is 2.33. The molecule has 2 unspecified atom stereocenters. The fourth-order valence-corrected chi connectivity index (χ4v) is 5.84. The maximum Gasteiger partial charge on any atom is 0.245 e. The van der Waals surface area contributed by atoms with Gasteiger partial charge in [0, 0.05) is 25.2 Å². The van der Waals surface area contributed by atoms with Crippen LogP contribution in [0.2, 0.25) is 8.67 Å². The molecule has 2 atom stereocenters. The van der Waals surface area contributed by atoms with Crippen LogP contribution in [0.25, 0.3) is 0 Å². The van der Waals surface area contributed by atoms with Crippen molar-refractivity contribution in [2.45, 2.75) is 30.8 Å². The second-order valence-corrected chi connectivity index (χ2v) is 8.67.